The molecule has 0 N–H and O–H groups in total. The zero-order valence-electron chi connectivity index (χ0n) is 4.66. The van der Waals surface area contributed by atoms with E-state index in [-0.39, 0.29) is 0 Å². The minimum atomic E-state index is 1.07. The van der Waals surface area contributed by atoms with Crippen LogP contribution in [0.25, 0.3) is 0 Å². The van der Waals surface area contributed by atoms with Crippen LogP contribution in [0.15, 0.2) is 23.1 Å². The molecule has 0 atom stereocenters. The highest BCUT2D eigenvalue weighted by molar-refractivity contribution is 8.12. The molecule has 0 fully saturated rings. The molecule has 1 aliphatic rings. The molecule has 1 aromatic rings. The molecule has 2 radical (unpaired) electrons. The van der Waals surface area contributed by atoms with Gasteiger partial charge in [-0.3, -0.25) is 0 Å². The maximum absolute atomic E-state index is 4.12. The summed E-state index contributed by atoms with van der Waals surface area (Å²) in [5, 5.41) is 0. The van der Waals surface area contributed by atoms with E-state index in [1.807, 2.05) is 23.7 Å². The minimum absolute atomic E-state index is 1.07. The quantitative estimate of drug-likeness (QED) is 0.525. The van der Waals surface area contributed by atoms with Gasteiger partial charge in [-0.15, -0.1) is 0 Å². The summed E-state index contributed by atoms with van der Waals surface area (Å²) in [4.78, 5) is 5.32. The third kappa shape index (κ3) is 0.754. The van der Waals surface area contributed by atoms with E-state index in [1.165, 1.54) is 4.90 Å². The lowest BCUT2D eigenvalue weighted by Crippen LogP contribution is -1.71. The highest BCUT2D eigenvalue weighted by atomic mass is 32.2. The van der Waals surface area contributed by atoms with Crippen LogP contribution in [-0.4, -0.2) is 5.55 Å². The lowest BCUT2D eigenvalue weighted by atomic mass is 10.3. The molecule has 0 aromatic heterocycles. The van der Waals surface area contributed by atoms with Gasteiger partial charge in [0.1, 0.15) is 0 Å². The number of thioether (sulfide) groups is 1. The van der Waals surface area contributed by atoms with Crippen molar-refractivity contribution in [3.05, 3.63) is 24.3 Å². The molecule has 0 spiro atoms. The zero-order chi connectivity index (χ0) is 6.10. The van der Waals surface area contributed by atoms with Crippen molar-refractivity contribution in [1.82, 2.24) is 4.99 Å². The molecule has 2 rings (SSSR count). The highest BCUT2D eigenvalue weighted by Gasteiger charge is 2.16. The first-order valence-corrected chi connectivity index (χ1v) is 3.54. The van der Waals surface area contributed by atoms with E-state index >= 15 is 0 Å². The SMILES string of the molecule is [c]1ccc2c(c1)SC=[N+]2. The molecule has 0 saturated heterocycles. The van der Waals surface area contributed by atoms with E-state index in [4.69, 9.17) is 0 Å². The maximum atomic E-state index is 4.12. The van der Waals surface area contributed by atoms with Gasteiger partial charge in [0.15, 0.2) is 0 Å². The van der Waals surface area contributed by atoms with Crippen molar-refractivity contribution in [1.29, 1.82) is 0 Å². The van der Waals surface area contributed by atoms with E-state index in [1.54, 1.807) is 11.8 Å². The molecule has 9 heavy (non-hydrogen) atoms. The molecule has 1 heterocycles. The Balaban J connectivity index is 2.63. The summed E-state index contributed by atoms with van der Waals surface area (Å²) >= 11 is 1.64. The lowest BCUT2D eigenvalue weighted by molar-refractivity contribution is 1.32. The smallest absolute Gasteiger partial charge is 0.0474 e. The standard InChI is InChI=1S/C7H4NS/c1-2-4-7-6(3-1)8-5-9-7/h1,3-5H/q+1. The predicted molar refractivity (Wildman–Crippen MR) is 39.0 cm³/mol. The zero-order valence-corrected chi connectivity index (χ0v) is 5.48. The normalized spacial score (nSPS) is 13.8. The van der Waals surface area contributed by atoms with Gasteiger partial charge in [0.05, 0.1) is 9.89 Å². The van der Waals surface area contributed by atoms with Gasteiger partial charge < -0.3 is 0 Å². The van der Waals surface area contributed by atoms with Gasteiger partial charge >= 0.3 is 0 Å². The molecule has 0 bridgehead atoms. The van der Waals surface area contributed by atoms with E-state index < -0.39 is 0 Å². The van der Waals surface area contributed by atoms with Crippen LogP contribution >= 0.6 is 11.8 Å². The first-order chi connectivity index (χ1) is 4.47. The summed E-state index contributed by atoms with van der Waals surface area (Å²) in [6.07, 6.45) is 0. The molecule has 1 nitrogen and oxygen atoms in total. The van der Waals surface area contributed by atoms with Crippen LogP contribution < -0.4 is 4.99 Å². The van der Waals surface area contributed by atoms with Gasteiger partial charge in [0, 0.05) is 6.07 Å². The topological polar surface area (TPSA) is 14.1 Å². The van der Waals surface area contributed by atoms with E-state index in [2.05, 4.69) is 11.1 Å². The highest BCUT2D eigenvalue weighted by Crippen LogP contribution is 2.27. The Hall–Kier alpha value is -0.760. The maximum Gasteiger partial charge on any atom is 0.291 e. The second-order valence-corrected chi connectivity index (χ2v) is 2.63. The molecule has 42 valence electrons. The summed E-state index contributed by atoms with van der Waals surface area (Å²) < 4.78 is 0. The number of fused-ring (bicyclic) bond motifs is 1. The Labute approximate surface area is 57.8 Å². The molecular formula is C7H4NS+. The second kappa shape index (κ2) is 1.88. The van der Waals surface area contributed by atoms with E-state index in [0.29, 0.717) is 0 Å². The Bertz CT molecular complexity index is 255. The third-order valence-corrected chi connectivity index (χ3v) is 1.97. The number of nitrogens with zero attached hydrogens (tertiary/aromatic N) is 1. The lowest BCUT2D eigenvalue weighted by Gasteiger charge is -1.81. The number of hydrogen-bond acceptors (Lipinski definition) is 2. The van der Waals surface area contributed by atoms with Crippen LogP contribution in [-0.2, 0) is 0 Å². The summed E-state index contributed by atoms with van der Waals surface area (Å²) in [6.45, 7) is 0. The van der Waals surface area contributed by atoms with Crippen LogP contribution in [0, 0.1) is 6.07 Å². The van der Waals surface area contributed by atoms with Crippen LogP contribution in [0.5, 0.6) is 0 Å². The first-order valence-electron chi connectivity index (χ1n) is 2.66. The van der Waals surface area contributed by atoms with Gasteiger partial charge in [-0.1, -0.05) is 0 Å². The molecule has 2 heteroatoms. The largest absolute Gasteiger partial charge is 0.291 e. The summed E-state index contributed by atoms with van der Waals surface area (Å²) in [5.41, 5.74) is 2.91. The Morgan fingerprint density at radius 2 is 2.56 bits per heavy atom. The average Bonchev–Trinajstić information content (AvgIpc) is 2.33. The van der Waals surface area contributed by atoms with Crippen molar-refractivity contribution in [2.45, 2.75) is 4.90 Å². The fraction of sp³-hybridized carbons (Fsp3) is 0. The monoisotopic (exact) mass is 134 g/mol. The van der Waals surface area contributed by atoms with Crippen LogP contribution in [0.2, 0.25) is 0 Å². The third-order valence-electron chi connectivity index (χ3n) is 1.18. The second-order valence-electron chi connectivity index (χ2n) is 1.75. The van der Waals surface area contributed by atoms with Gasteiger partial charge in [-0.05, 0) is 30.0 Å². The Morgan fingerprint density at radius 3 is 3.44 bits per heavy atom. The number of hydrogen-bond donors (Lipinski definition) is 0. The number of rotatable bonds is 0. The fourth-order valence-corrected chi connectivity index (χ4v) is 1.41. The number of aliphatic imine (C=N–C) groups is 1. The van der Waals surface area contributed by atoms with Crippen molar-refractivity contribution >= 4 is 23.0 Å². The van der Waals surface area contributed by atoms with Crippen LogP contribution in [0.1, 0.15) is 0 Å². The minimum Gasteiger partial charge on any atom is -0.0474 e. The van der Waals surface area contributed by atoms with Crippen molar-refractivity contribution in [2.75, 3.05) is 0 Å². The molecule has 0 unspecified atom stereocenters. The summed E-state index contributed by atoms with van der Waals surface area (Å²) in [5.74, 6) is 0. The van der Waals surface area contributed by atoms with Gasteiger partial charge in [0.25, 0.3) is 11.2 Å². The molecule has 1 aliphatic heterocycles. The Morgan fingerprint density at radius 1 is 1.56 bits per heavy atom. The fourth-order valence-electron chi connectivity index (χ4n) is 0.748. The molecule has 0 amide bonds. The van der Waals surface area contributed by atoms with Crippen molar-refractivity contribution < 1.29 is 0 Å². The van der Waals surface area contributed by atoms with Gasteiger partial charge in [-0.25, -0.2) is 0 Å². The van der Waals surface area contributed by atoms with Crippen molar-refractivity contribution in [3.8, 4) is 0 Å². The summed E-state index contributed by atoms with van der Waals surface area (Å²) in [6, 6.07) is 8.78. The first kappa shape index (κ1) is 5.06. The molecule has 0 aliphatic carbocycles. The van der Waals surface area contributed by atoms with Crippen molar-refractivity contribution in [3.63, 3.8) is 0 Å². The van der Waals surface area contributed by atoms with Gasteiger partial charge in [-0.2, -0.15) is 0 Å². The molecular weight excluding hydrogens is 130 g/mol. The van der Waals surface area contributed by atoms with E-state index in [9.17, 15) is 0 Å². The predicted octanol–water partition coefficient (Wildman–Crippen LogP) is 1.59. The average molecular weight is 134 g/mol. The molecule has 1 aromatic carbocycles. The number of benzene rings is 1. The molecule has 0 saturated carbocycles. The van der Waals surface area contributed by atoms with Crippen molar-refractivity contribution in [2.24, 2.45) is 0 Å². The Kier molecular flexibility index (Phi) is 1.06. The van der Waals surface area contributed by atoms with Crippen LogP contribution in [0.3, 0.4) is 0 Å². The summed E-state index contributed by atoms with van der Waals surface area (Å²) in [7, 11) is 0. The van der Waals surface area contributed by atoms with Crippen LogP contribution in [0.4, 0.5) is 5.69 Å². The van der Waals surface area contributed by atoms with Gasteiger partial charge in [0.2, 0.25) is 0 Å². The van der Waals surface area contributed by atoms with E-state index in [0.717, 1.165) is 5.69 Å².